The number of aryl methyl sites for hydroxylation is 1. The molecule has 0 unspecified atom stereocenters. The van der Waals surface area contributed by atoms with Gasteiger partial charge in [0, 0.05) is 11.5 Å². The molecule has 5 nitrogen and oxygen atoms in total. The van der Waals surface area contributed by atoms with Crippen LogP contribution in [-0.4, -0.2) is 25.2 Å². The lowest BCUT2D eigenvalue weighted by Crippen LogP contribution is -2.56. The van der Waals surface area contributed by atoms with Gasteiger partial charge in [-0.2, -0.15) is 0 Å². The van der Waals surface area contributed by atoms with Crippen molar-refractivity contribution in [2.75, 3.05) is 7.11 Å². The van der Waals surface area contributed by atoms with Crippen LogP contribution in [0, 0.1) is 28.6 Å². The van der Waals surface area contributed by atoms with Gasteiger partial charge in [-0.25, -0.2) is 4.79 Å². The van der Waals surface area contributed by atoms with E-state index in [2.05, 4.69) is 20.8 Å². The van der Waals surface area contributed by atoms with E-state index in [1.54, 1.807) is 12.5 Å². The number of ether oxygens (including phenoxy) is 2. The van der Waals surface area contributed by atoms with E-state index >= 15 is 0 Å². The van der Waals surface area contributed by atoms with Crippen molar-refractivity contribution in [1.29, 1.82) is 0 Å². The second kappa shape index (κ2) is 9.22. The van der Waals surface area contributed by atoms with Crippen LogP contribution in [0.2, 0.25) is 0 Å². The zero-order chi connectivity index (χ0) is 22.8. The highest BCUT2D eigenvalue weighted by Gasteiger charge is 2.58. The number of fused-ring (bicyclic) bond motifs is 1. The van der Waals surface area contributed by atoms with Crippen molar-refractivity contribution >= 4 is 11.9 Å². The van der Waals surface area contributed by atoms with E-state index < -0.39 is 6.10 Å². The third-order valence-corrected chi connectivity index (χ3v) is 7.92. The molecule has 5 atom stereocenters. The molecule has 0 saturated heterocycles. The van der Waals surface area contributed by atoms with Crippen LogP contribution in [0.1, 0.15) is 72.3 Å². The Hall–Kier alpha value is -2.04. The van der Waals surface area contributed by atoms with Crippen LogP contribution in [0.25, 0.3) is 0 Å². The summed E-state index contributed by atoms with van der Waals surface area (Å²) in [6, 6.07) is 1.98. The van der Waals surface area contributed by atoms with Crippen molar-refractivity contribution in [1.82, 2.24) is 0 Å². The molecule has 2 aliphatic rings. The first-order chi connectivity index (χ1) is 14.6. The molecule has 0 aliphatic heterocycles. The summed E-state index contributed by atoms with van der Waals surface area (Å²) in [5.41, 5.74) is 1.62. The molecule has 0 amide bonds. The molecule has 1 fully saturated rings. The second-order valence-corrected chi connectivity index (χ2v) is 10.4. The Labute approximate surface area is 186 Å². The first kappa shape index (κ1) is 23.6. The summed E-state index contributed by atoms with van der Waals surface area (Å²) in [5.74, 6) is -0.479. The SMILES string of the molecule is CC[C@@H](C)C(=O)O[C@H]1C=C(C(=O)OC)[C@H](CCc2ccoc2)[C@@]2(C)CCCC(C)(C)[C@H]12. The lowest BCUT2D eigenvalue weighted by Gasteiger charge is -2.58. The number of methoxy groups -OCH3 is 1. The fourth-order valence-electron chi connectivity index (χ4n) is 6.16. The van der Waals surface area contributed by atoms with Gasteiger partial charge in [0.1, 0.15) is 6.10 Å². The highest BCUT2D eigenvalue weighted by molar-refractivity contribution is 5.89. The van der Waals surface area contributed by atoms with Crippen molar-refractivity contribution in [3.8, 4) is 0 Å². The van der Waals surface area contributed by atoms with Crippen LogP contribution in [-0.2, 0) is 25.5 Å². The summed E-state index contributed by atoms with van der Waals surface area (Å²) >= 11 is 0. The smallest absolute Gasteiger partial charge is 0.333 e. The number of carbonyl (C=O) groups excluding carboxylic acids is 2. The molecule has 0 radical (unpaired) electrons. The predicted molar refractivity (Wildman–Crippen MR) is 119 cm³/mol. The van der Waals surface area contributed by atoms with E-state index in [1.807, 2.05) is 26.0 Å². The molecular formula is C26H38O5. The van der Waals surface area contributed by atoms with Gasteiger partial charge in [-0.3, -0.25) is 4.79 Å². The molecule has 172 valence electrons. The number of carbonyl (C=O) groups is 2. The lowest BCUT2D eigenvalue weighted by molar-refractivity contribution is -0.169. The van der Waals surface area contributed by atoms with E-state index in [4.69, 9.17) is 13.9 Å². The van der Waals surface area contributed by atoms with Crippen molar-refractivity contribution < 1.29 is 23.5 Å². The van der Waals surface area contributed by atoms with Gasteiger partial charge in [0.15, 0.2) is 0 Å². The molecule has 1 heterocycles. The number of esters is 2. The average Bonchev–Trinajstić information content (AvgIpc) is 3.24. The van der Waals surface area contributed by atoms with Crippen molar-refractivity contribution in [3.63, 3.8) is 0 Å². The molecule has 0 aromatic carbocycles. The number of hydrogen-bond acceptors (Lipinski definition) is 5. The largest absolute Gasteiger partial charge is 0.472 e. The quantitative estimate of drug-likeness (QED) is 0.517. The molecular weight excluding hydrogens is 392 g/mol. The zero-order valence-corrected chi connectivity index (χ0v) is 19.9. The minimum atomic E-state index is -0.416. The summed E-state index contributed by atoms with van der Waals surface area (Å²) in [5, 5.41) is 0. The van der Waals surface area contributed by atoms with Crippen LogP contribution in [0.3, 0.4) is 0 Å². The van der Waals surface area contributed by atoms with E-state index in [9.17, 15) is 9.59 Å². The Kier molecular flexibility index (Phi) is 7.02. The van der Waals surface area contributed by atoms with Crippen molar-refractivity contribution in [3.05, 3.63) is 35.8 Å². The summed E-state index contributed by atoms with van der Waals surface area (Å²) in [6.45, 7) is 10.7. The molecule has 0 bridgehead atoms. The normalized spacial score (nSPS) is 30.6. The van der Waals surface area contributed by atoms with E-state index in [0.29, 0.717) is 5.57 Å². The van der Waals surface area contributed by atoms with Crippen LogP contribution >= 0.6 is 0 Å². The summed E-state index contributed by atoms with van der Waals surface area (Å²) in [6.07, 6.45) is 10.5. The number of hydrogen-bond donors (Lipinski definition) is 0. The van der Waals surface area contributed by atoms with Gasteiger partial charge in [0.05, 0.1) is 25.6 Å². The topological polar surface area (TPSA) is 65.7 Å². The maximum atomic E-state index is 12.9. The second-order valence-electron chi connectivity index (χ2n) is 10.4. The van der Waals surface area contributed by atoms with E-state index in [-0.39, 0.29) is 40.5 Å². The number of rotatable bonds is 7. The predicted octanol–water partition coefficient (Wildman–Crippen LogP) is 5.73. The molecule has 1 aromatic heterocycles. The Morgan fingerprint density at radius 3 is 2.61 bits per heavy atom. The van der Waals surface area contributed by atoms with E-state index in [1.165, 1.54) is 7.11 Å². The standard InChI is InChI=1S/C26H38O5/c1-7-17(2)23(27)31-21-15-19(24(28)29-6)20(10-9-18-11-14-30-16-18)26(5)13-8-12-25(3,4)22(21)26/h11,14-17,20-22H,7-10,12-13H2,1-6H3/t17-,20+,21+,22+,26-/m1/s1. The molecule has 31 heavy (non-hydrogen) atoms. The first-order valence-electron chi connectivity index (χ1n) is 11.7. The Morgan fingerprint density at radius 1 is 1.26 bits per heavy atom. The van der Waals surface area contributed by atoms with Gasteiger partial charge in [0.2, 0.25) is 0 Å². The van der Waals surface area contributed by atoms with Gasteiger partial charge in [0.25, 0.3) is 0 Å². The zero-order valence-electron chi connectivity index (χ0n) is 19.9. The maximum Gasteiger partial charge on any atom is 0.333 e. The maximum absolute atomic E-state index is 12.9. The summed E-state index contributed by atoms with van der Waals surface area (Å²) in [7, 11) is 1.43. The van der Waals surface area contributed by atoms with Crippen LogP contribution in [0.4, 0.5) is 0 Å². The van der Waals surface area contributed by atoms with E-state index in [0.717, 1.165) is 44.1 Å². The fourth-order valence-corrected chi connectivity index (χ4v) is 6.16. The molecule has 2 aliphatic carbocycles. The van der Waals surface area contributed by atoms with Gasteiger partial charge in [-0.05, 0) is 66.6 Å². The highest BCUT2D eigenvalue weighted by Crippen LogP contribution is 2.61. The minimum Gasteiger partial charge on any atom is -0.472 e. The third-order valence-electron chi connectivity index (χ3n) is 7.92. The fraction of sp³-hybridized carbons (Fsp3) is 0.692. The summed E-state index contributed by atoms with van der Waals surface area (Å²) < 4.78 is 16.5. The molecule has 1 aromatic rings. The van der Waals surface area contributed by atoms with Gasteiger partial charge < -0.3 is 13.9 Å². The number of furan rings is 1. The van der Waals surface area contributed by atoms with Gasteiger partial charge >= 0.3 is 11.9 Å². The molecule has 3 rings (SSSR count). The lowest BCUT2D eigenvalue weighted by atomic mass is 9.47. The van der Waals surface area contributed by atoms with Crippen LogP contribution in [0.5, 0.6) is 0 Å². The Morgan fingerprint density at radius 2 is 2.00 bits per heavy atom. The van der Waals surface area contributed by atoms with Gasteiger partial charge in [-0.15, -0.1) is 0 Å². The Bertz CT molecular complexity index is 806. The van der Waals surface area contributed by atoms with Crippen molar-refractivity contribution in [2.24, 2.45) is 28.6 Å². The Balaban J connectivity index is 2.04. The monoisotopic (exact) mass is 430 g/mol. The minimum absolute atomic E-state index is 0.000557. The van der Waals surface area contributed by atoms with Crippen molar-refractivity contribution in [2.45, 2.75) is 79.2 Å². The molecule has 0 N–H and O–H groups in total. The van der Waals surface area contributed by atoms with Gasteiger partial charge in [-0.1, -0.05) is 41.0 Å². The highest BCUT2D eigenvalue weighted by atomic mass is 16.5. The van der Waals surface area contributed by atoms with Crippen LogP contribution in [0.15, 0.2) is 34.7 Å². The first-order valence-corrected chi connectivity index (χ1v) is 11.7. The third kappa shape index (κ3) is 4.61. The average molecular weight is 431 g/mol. The molecule has 0 spiro atoms. The molecule has 1 saturated carbocycles. The summed E-state index contributed by atoms with van der Waals surface area (Å²) in [4.78, 5) is 25.7. The molecule has 5 heteroatoms. The van der Waals surface area contributed by atoms with Crippen LogP contribution < -0.4 is 0 Å².